The topological polar surface area (TPSA) is 46.5 Å². The molecule has 1 rings (SSSR count). The number of esters is 1. The molecule has 3 nitrogen and oxygen atoms in total. The van der Waals surface area contributed by atoms with E-state index in [0.29, 0.717) is 6.42 Å². The molecule has 1 atom stereocenters. The zero-order chi connectivity index (χ0) is 8.81. The SMILES string of the molecule is O=C1CCCC(CCCCO)O1. The van der Waals surface area contributed by atoms with Crippen LogP contribution in [0.25, 0.3) is 0 Å². The van der Waals surface area contributed by atoms with E-state index in [9.17, 15) is 4.79 Å². The fourth-order valence-corrected chi connectivity index (χ4v) is 1.46. The Balaban J connectivity index is 2.10. The molecule has 12 heavy (non-hydrogen) atoms. The number of carbonyl (C=O) groups excluding carboxylic acids is 1. The Hall–Kier alpha value is -0.570. The van der Waals surface area contributed by atoms with Crippen LogP contribution in [-0.2, 0) is 9.53 Å². The number of rotatable bonds is 4. The normalized spacial score (nSPS) is 23.8. The predicted molar refractivity (Wildman–Crippen MR) is 44.7 cm³/mol. The molecular weight excluding hydrogens is 156 g/mol. The lowest BCUT2D eigenvalue weighted by molar-refractivity contribution is -0.154. The summed E-state index contributed by atoms with van der Waals surface area (Å²) in [5.74, 6) is -0.0600. The average molecular weight is 172 g/mol. The Morgan fingerprint density at radius 2 is 2.33 bits per heavy atom. The Morgan fingerprint density at radius 1 is 1.50 bits per heavy atom. The molecular formula is C9H16O3. The van der Waals surface area contributed by atoms with Gasteiger partial charge in [0.1, 0.15) is 6.10 Å². The third-order valence-electron chi connectivity index (χ3n) is 2.14. The van der Waals surface area contributed by atoms with Gasteiger partial charge >= 0.3 is 5.97 Å². The number of hydrogen-bond acceptors (Lipinski definition) is 3. The molecule has 0 amide bonds. The van der Waals surface area contributed by atoms with E-state index >= 15 is 0 Å². The second kappa shape index (κ2) is 5.14. The van der Waals surface area contributed by atoms with Crippen LogP contribution < -0.4 is 0 Å². The molecule has 1 aliphatic rings. The van der Waals surface area contributed by atoms with E-state index in [1.165, 1.54) is 0 Å². The molecule has 1 N–H and O–H groups in total. The quantitative estimate of drug-likeness (QED) is 0.512. The molecule has 1 heterocycles. The summed E-state index contributed by atoms with van der Waals surface area (Å²) in [4.78, 5) is 10.8. The van der Waals surface area contributed by atoms with E-state index in [2.05, 4.69) is 0 Å². The fourth-order valence-electron chi connectivity index (χ4n) is 1.46. The first-order valence-corrected chi connectivity index (χ1v) is 4.63. The van der Waals surface area contributed by atoms with Crippen molar-refractivity contribution in [2.24, 2.45) is 0 Å². The van der Waals surface area contributed by atoms with E-state index in [1.807, 2.05) is 0 Å². The highest BCUT2D eigenvalue weighted by Crippen LogP contribution is 2.18. The molecule has 70 valence electrons. The zero-order valence-electron chi connectivity index (χ0n) is 7.29. The van der Waals surface area contributed by atoms with E-state index in [0.717, 1.165) is 32.1 Å². The number of ether oxygens (including phenoxy) is 1. The first kappa shape index (κ1) is 9.52. The summed E-state index contributed by atoms with van der Waals surface area (Å²) in [7, 11) is 0. The van der Waals surface area contributed by atoms with Crippen molar-refractivity contribution in [3.05, 3.63) is 0 Å². The van der Waals surface area contributed by atoms with Crippen LogP contribution in [0.15, 0.2) is 0 Å². The first-order valence-electron chi connectivity index (χ1n) is 4.63. The van der Waals surface area contributed by atoms with Crippen molar-refractivity contribution in [2.45, 2.75) is 44.6 Å². The lowest BCUT2D eigenvalue weighted by Crippen LogP contribution is -2.23. The first-order chi connectivity index (χ1) is 5.83. The van der Waals surface area contributed by atoms with Gasteiger partial charge in [-0.1, -0.05) is 0 Å². The Bertz CT molecular complexity index is 145. The maximum absolute atomic E-state index is 10.8. The molecule has 1 saturated heterocycles. The minimum atomic E-state index is -0.0600. The summed E-state index contributed by atoms with van der Waals surface area (Å²) in [5, 5.41) is 8.54. The van der Waals surface area contributed by atoms with Gasteiger partial charge in [0.15, 0.2) is 0 Å². The molecule has 0 aliphatic carbocycles. The third kappa shape index (κ3) is 3.22. The number of cyclic esters (lactones) is 1. The van der Waals surface area contributed by atoms with Gasteiger partial charge in [0, 0.05) is 13.0 Å². The van der Waals surface area contributed by atoms with Crippen molar-refractivity contribution in [1.29, 1.82) is 0 Å². The van der Waals surface area contributed by atoms with Crippen molar-refractivity contribution < 1.29 is 14.6 Å². The van der Waals surface area contributed by atoms with E-state index in [4.69, 9.17) is 9.84 Å². The van der Waals surface area contributed by atoms with Crippen LogP contribution in [-0.4, -0.2) is 23.8 Å². The molecule has 0 spiro atoms. The van der Waals surface area contributed by atoms with Crippen molar-refractivity contribution in [1.82, 2.24) is 0 Å². The van der Waals surface area contributed by atoms with Gasteiger partial charge < -0.3 is 9.84 Å². The summed E-state index contributed by atoms with van der Waals surface area (Å²) in [6, 6.07) is 0. The van der Waals surface area contributed by atoms with Crippen LogP contribution in [0.2, 0.25) is 0 Å². The molecule has 0 saturated carbocycles. The Kier molecular flexibility index (Phi) is 4.08. The van der Waals surface area contributed by atoms with Crippen LogP contribution in [0.5, 0.6) is 0 Å². The second-order valence-corrected chi connectivity index (χ2v) is 3.22. The van der Waals surface area contributed by atoms with Crippen LogP contribution >= 0.6 is 0 Å². The van der Waals surface area contributed by atoms with Gasteiger partial charge in [-0.3, -0.25) is 4.79 Å². The minimum absolute atomic E-state index is 0.0600. The second-order valence-electron chi connectivity index (χ2n) is 3.22. The molecule has 3 heteroatoms. The van der Waals surface area contributed by atoms with Crippen LogP contribution in [0, 0.1) is 0 Å². The smallest absolute Gasteiger partial charge is 0.306 e. The van der Waals surface area contributed by atoms with Gasteiger partial charge in [0.2, 0.25) is 0 Å². The van der Waals surface area contributed by atoms with Crippen LogP contribution in [0.4, 0.5) is 0 Å². The highest BCUT2D eigenvalue weighted by atomic mass is 16.5. The van der Waals surface area contributed by atoms with Crippen molar-refractivity contribution in [3.63, 3.8) is 0 Å². The minimum Gasteiger partial charge on any atom is -0.462 e. The van der Waals surface area contributed by atoms with Gasteiger partial charge in [-0.2, -0.15) is 0 Å². The van der Waals surface area contributed by atoms with Gasteiger partial charge in [0.25, 0.3) is 0 Å². The summed E-state index contributed by atoms with van der Waals surface area (Å²) in [5.41, 5.74) is 0. The molecule has 0 aromatic carbocycles. The maximum Gasteiger partial charge on any atom is 0.306 e. The highest BCUT2D eigenvalue weighted by Gasteiger charge is 2.19. The van der Waals surface area contributed by atoms with Crippen molar-refractivity contribution >= 4 is 5.97 Å². The van der Waals surface area contributed by atoms with E-state index < -0.39 is 0 Å². The average Bonchev–Trinajstić information content (AvgIpc) is 2.05. The monoisotopic (exact) mass is 172 g/mol. The summed E-state index contributed by atoms with van der Waals surface area (Å²) in [6.45, 7) is 0.237. The molecule has 0 aromatic heterocycles. The molecule has 1 unspecified atom stereocenters. The molecule has 1 aliphatic heterocycles. The van der Waals surface area contributed by atoms with Crippen LogP contribution in [0.3, 0.4) is 0 Å². The van der Waals surface area contributed by atoms with Crippen molar-refractivity contribution in [3.8, 4) is 0 Å². The molecule has 0 aromatic rings. The number of aliphatic hydroxyl groups is 1. The zero-order valence-corrected chi connectivity index (χ0v) is 7.29. The number of unbranched alkanes of at least 4 members (excludes halogenated alkanes) is 1. The fraction of sp³-hybridized carbons (Fsp3) is 0.889. The number of hydrogen-bond donors (Lipinski definition) is 1. The van der Waals surface area contributed by atoms with Crippen molar-refractivity contribution in [2.75, 3.05) is 6.61 Å². The molecule has 0 bridgehead atoms. The highest BCUT2D eigenvalue weighted by molar-refractivity contribution is 5.70. The van der Waals surface area contributed by atoms with E-state index in [1.54, 1.807) is 0 Å². The predicted octanol–water partition coefficient (Wildman–Crippen LogP) is 1.24. The maximum atomic E-state index is 10.8. The Labute approximate surface area is 72.7 Å². The molecule has 1 fully saturated rings. The molecule has 0 radical (unpaired) electrons. The van der Waals surface area contributed by atoms with Gasteiger partial charge in [0.05, 0.1) is 0 Å². The largest absolute Gasteiger partial charge is 0.462 e. The Morgan fingerprint density at radius 3 is 3.00 bits per heavy atom. The third-order valence-corrected chi connectivity index (χ3v) is 2.14. The lowest BCUT2D eigenvalue weighted by atomic mass is 10.0. The van der Waals surface area contributed by atoms with Crippen LogP contribution in [0.1, 0.15) is 38.5 Å². The summed E-state index contributed by atoms with van der Waals surface area (Å²) < 4.78 is 5.11. The van der Waals surface area contributed by atoms with Gasteiger partial charge in [-0.25, -0.2) is 0 Å². The van der Waals surface area contributed by atoms with Gasteiger partial charge in [-0.15, -0.1) is 0 Å². The summed E-state index contributed by atoms with van der Waals surface area (Å²) >= 11 is 0. The standard InChI is InChI=1S/C9H16O3/c10-7-2-1-4-8-5-3-6-9(11)12-8/h8,10H,1-7H2. The van der Waals surface area contributed by atoms with E-state index in [-0.39, 0.29) is 18.7 Å². The number of aliphatic hydroxyl groups excluding tert-OH is 1. The lowest BCUT2D eigenvalue weighted by Gasteiger charge is -2.21. The van der Waals surface area contributed by atoms with Gasteiger partial charge in [-0.05, 0) is 32.1 Å². The number of carbonyl (C=O) groups is 1. The summed E-state index contributed by atoms with van der Waals surface area (Å²) in [6.07, 6.45) is 5.34.